The molecule has 1 aliphatic rings. The number of hydrogen-bond acceptors (Lipinski definition) is 5. The number of fused-ring (bicyclic) bond motifs is 1. The first-order valence-corrected chi connectivity index (χ1v) is 13.4. The van der Waals surface area contributed by atoms with Crippen LogP contribution in [0.25, 0.3) is 0 Å². The molecule has 2 heterocycles. The van der Waals surface area contributed by atoms with Crippen LogP contribution in [0.1, 0.15) is 41.0 Å². The Morgan fingerprint density at radius 2 is 1.94 bits per heavy atom. The molecule has 1 aliphatic heterocycles. The van der Waals surface area contributed by atoms with Crippen LogP contribution >= 0.6 is 11.3 Å². The lowest BCUT2D eigenvalue weighted by molar-refractivity contribution is -0.136. The molecule has 1 aromatic heterocycles. The zero-order chi connectivity index (χ0) is 24.6. The zero-order valence-corrected chi connectivity index (χ0v) is 21.5. The van der Waals surface area contributed by atoms with Crippen LogP contribution in [0.5, 0.6) is 5.75 Å². The number of thiophene rings is 1. The van der Waals surface area contributed by atoms with Gasteiger partial charge >= 0.3 is 0 Å². The maximum atomic E-state index is 13.6. The molecule has 186 valence electrons. The SMILES string of the molecule is CCCN(CC(=O)N1CCc2sccc2[C@@H]1COc1ccc(C)cc1)C[C@@H](O)Cc1ccccc1. The van der Waals surface area contributed by atoms with Crippen molar-refractivity contribution in [2.45, 2.75) is 45.3 Å². The van der Waals surface area contributed by atoms with E-state index in [2.05, 4.69) is 30.2 Å². The van der Waals surface area contributed by atoms with Crippen LogP contribution < -0.4 is 4.74 Å². The second-order valence-electron chi connectivity index (χ2n) is 9.35. The molecule has 0 spiro atoms. The molecule has 0 saturated heterocycles. The number of carbonyl (C=O) groups is 1. The Kier molecular flexibility index (Phi) is 8.96. The van der Waals surface area contributed by atoms with E-state index in [0.717, 1.165) is 30.7 Å². The van der Waals surface area contributed by atoms with Gasteiger partial charge in [-0.3, -0.25) is 9.69 Å². The lowest BCUT2D eigenvalue weighted by atomic mass is 10.00. The Labute approximate surface area is 213 Å². The highest BCUT2D eigenvalue weighted by Gasteiger charge is 2.33. The van der Waals surface area contributed by atoms with Crippen molar-refractivity contribution in [1.29, 1.82) is 0 Å². The lowest BCUT2D eigenvalue weighted by Crippen LogP contribution is -2.48. The fourth-order valence-electron chi connectivity index (χ4n) is 4.77. The third-order valence-corrected chi connectivity index (χ3v) is 7.52. The third kappa shape index (κ3) is 6.94. The van der Waals surface area contributed by atoms with Crippen molar-refractivity contribution >= 4 is 17.2 Å². The molecular weight excluding hydrogens is 456 g/mol. The molecule has 3 aromatic rings. The summed E-state index contributed by atoms with van der Waals surface area (Å²) in [5, 5.41) is 12.8. The molecular formula is C29H36N2O3S. The molecule has 0 fully saturated rings. The maximum absolute atomic E-state index is 13.6. The molecule has 2 atom stereocenters. The van der Waals surface area contributed by atoms with Crippen LogP contribution in [0.4, 0.5) is 0 Å². The van der Waals surface area contributed by atoms with Gasteiger partial charge in [-0.05, 0) is 67.4 Å². The summed E-state index contributed by atoms with van der Waals surface area (Å²) in [5.41, 5.74) is 3.50. The second kappa shape index (κ2) is 12.3. The smallest absolute Gasteiger partial charge is 0.237 e. The third-order valence-electron chi connectivity index (χ3n) is 6.53. The minimum absolute atomic E-state index is 0.0970. The number of aryl methyl sites for hydroxylation is 1. The Morgan fingerprint density at radius 3 is 2.69 bits per heavy atom. The molecule has 0 unspecified atom stereocenters. The van der Waals surface area contributed by atoms with E-state index in [1.54, 1.807) is 11.3 Å². The molecule has 1 N–H and O–H groups in total. The van der Waals surface area contributed by atoms with Crippen molar-refractivity contribution in [3.8, 4) is 5.75 Å². The number of ether oxygens (including phenoxy) is 1. The van der Waals surface area contributed by atoms with E-state index >= 15 is 0 Å². The first kappa shape index (κ1) is 25.4. The first-order valence-electron chi connectivity index (χ1n) is 12.5. The minimum atomic E-state index is -0.512. The molecule has 5 nitrogen and oxygen atoms in total. The standard InChI is InChI=1S/C29H36N2O3S/c1-3-15-30(19-24(32)18-23-7-5-4-6-8-23)20-29(33)31-16-13-28-26(14-17-35-28)27(31)21-34-25-11-9-22(2)10-12-25/h4-12,14,17,24,27,32H,3,13,15-16,18-21H2,1-2H3/t24-,27-/m0/s1. The molecule has 0 radical (unpaired) electrons. The predicted octanol–water partition coefficient (Wildman–Crippen LogP) is 4.88. The summed E-state index contributed by atoms with van der Waals surface area (Å²) in [7, 11) is 0. The maximum Gasteiger partial charge on any atom is 0.237 e. The van der Waals surface area contributed by atoms with Crippen LogP contribution in [0.15, 0.2) is 66.0 Å². The van der Waals surface area contributed by atoms with Gasteiger partial charge in [-0.1, -0.05) is 55.0 Å². The van der Waals surface area contributed by atoms with E-state index < -0.39 is 6.10 Å². The summed E-state index contributed by atoms with van der Waals surface area (Å²) in [4.78, 5) is 19.0. The van der Waals surface area contributed by atoms with Crippen molar-refractivity contribution < 1.29 is 14.6 Å². The Hall–Kier alpha value is -2.67. The minimum Gasteiger partial charge on any atom is -0.491 e. The number of hydrogen-bond donors (Lipinski definition) is 1. The number of carbonyl (C=O) groups excluding carboxylic acids is 1. The Balaban J connectivity index is 1.42. The monoisotopic (exact) mass is 492 g/mol. The molecule has 0 saturated carbocycles. The quantitative estimate of drug-likeness (QED) is 0.415. The summed E-state index contributed by atoms with van der Waals surface area (Å²) >= 11 is 1.76. The van der Waals surface area contributed by atoms with Gasteiger partial charge in [-0.15, -0.1) is 11.3 Å². The fourth-order valence-corrected chi connectivity index (χ4v) is 5.69. The average Bonchev–Trinajstić information content (AvgIpc) is 3.33. The van der Waals surface area contributed by atoms with Gasteiger partial charge in [0.2, 0.25) is 5.91 Å². The number of benzene rings is 2. The summed E-state index contributed by atoms with van der Waals surface area (Å²) in [6.45, 7) is 6.86. The number of amides is 1. The van der Waals surface area contributed by atoms with Crippen molar-refractivity contribution in [2.75, 3.05) is 32.8 Å². The molecule has 2 aromatic carbocycles. The van der Waals surface area contributed by atoms with Crippen molar-refractivity contribution in [1.82, 2.24) is 9.80 Å². The highest BCUT2D eigenvalue weighted by atomic mass is 32.1. The van der Waals surface area contributed by atoms with Crippen molar-refractivity contribution in [3.63, 3.8) is 0 Å². The van der Waals surface area contributed by atoms with Crippen molar-refractivity contribution in [2.24, 2.45) is 0 Å². The van der Waals surface area contributed by atoms with E-state index in [1.165, 1.54) is 16.0 Å². The topological polar surface area (TPSA) is 53.0 Å². The largest absolute Gasteiger partial charge is 0.491 e. The summed E-state index contributed by atoms with van der Waals surface area (Å²) < 4.78 is 6.15. The van der Waals surface area contributed by atoms with Gasteiger partial charge < -0.3 is 14.7 Å². The summed E-state index contributed by atoms with van der Waals surface area (Å²) in [6.07, 6.45) is 1.89. The highest BCUT2D eigenvalue weighted by Crippen LogP contribution is 2.34. The van der Waals surface area contributed by atoms with Crippen LogP contribution in [0, 0.1) is 6.92 Å². The number of nitrogens with zero attached hydrogens (tertiary/aromatic N) is 2. The van der Waals surface area contributed by atoms with Gasteiger partial charge in [0.1, 0.15) is 12.4 Å². The molecule has 0 aliphatic carbocycles. The van der Waals surface area contributed by atoms with Crippen molar-refractivity contribution in [3.05, 3.63) is 87.6 Å². The summed E-state index contributed by atoms with van der Waals surface area (Å²) in [6, 6.07) is 20.1. The summed E-state index contributed by atoms with van der Waals surface area (Å²) in [5.74, 6) is 0.918. The zero-order valence-electron chi connectivity index (χ0n) is 20.7. The molecule has 0 bridgehead atoms. The average molecular weight is 493 g/mol. The lowest BCUT2D eigenvalue weighted by Gasteiger charge is -2.37. The van der Waals surface area contributed by atoms with Crippen LogP contribution in [-0.4, -0.2) is 59.7 Å². The van der Waals surface area contributed by atoms with Gasteiger partial charge in [-0.2, -0.15) is 0 Å². The number of rotatable bonds is 11. The normalized spacial score (nSPS) is 16.2. The predicted molar refractivity (Wildman–Crippen MR) is 142 cm³/mol. The molecule has 1 amide bonds. The van der Waals surface area contributed by atoms with Gasteiger partial charge in [0.25, 0.3) is 0 Å². The van der Waals surface area contributed by atoms with E-state index in [-0.39, 0.29) is 11.9 Å². The van der Waals surface area contributed by atoms with Crippen LogP contribution in [0.2, 0.25) is 0 Å². The molecule has 6 heteroatoms. The van der Waals surface area contributed by atoms with E-state index in [9.17, 15) is 9.90 Å². The van der Waals surface area contributed by atoms with E-state index in [0.29, 0.717) is 32.7 Å². The Morgan fingerprint density at radius 1 is 1.17 bits per heavy atom. The van der Waals surface area contributed by atoms with Crippen LogP contribution in [-0.2, 0) is 17.6 Å². The molecule has 35 heavy (non-hydrogen) atoms. The fraction of sp³-hybridized carbons (Fsp3) is 0.414. The number of aliphatic hydroxyl groups excluding tert-OH is 1. The first-order chi connectivity index (χ1) is 17.0. The van der Waals surface area contributed by atoms with Gasteiger partial charge in [0.05, 0.1) is 18.7 Å². The number of aliphatic hydroxyl groups is 1. The van der Waals surface area contributed by atoms with Crippen LogP contribution in [0.3, 0.4) is 0 Å². The highest BCUT2D eigenvalue weighted by molar-refractivity contribution is 7.10. The Bertz CT molecular complexity index is 1070. The van der Waals surface area contributed by atoms with Gasteiger partial charge in [0.15, 0.2) is 0 Å². The second-order valence-corrected chi connectivity index (χ2v) is 10.4. The van der Waals surface area contributed by atoms with Gasteiger partial charge in [0, 0.05) is 18.0 Å². The molecule has 4 rings (SSSR count). The van der Waals surface area contributed by atoms with E-state index in [4.69, 9.17) is 4.74 Å². The van der Waals surface area contributed by atoms with E-state index in [1.807, 2.05) is 59.5 Å². The van der Waals surface area contributed by atoms with Gasteiger partial charge in [-0.25, -0.2) is 0 Å².